The number of nitrogens with two attached hydrogens (primary N) is 1. The van der Waals surface area contributed by atoms with Crippen molar-refractivity contribution in [2.45, 2.75) is 32.1 Å². The van der Waals surface area contributed by atoms with Gasteiger partial charge in [0, 0.05) is 11.3 Å². The van der Waals surface area contributed by atoms with E-state index >= 15 is 0 Å². The van der Waals surface area contributed by atoms with Gasteiger partial charge in [-0.05, 0) is 38.6 Å². The highest BCUT2D eigenvalue weighted by atomic mass is 15.1. The number of H-pyrrole nitrogens is 1. The number of aryl methyl sites for hydroxylation is 2. The summed E-state index contributed by atoms with van der Waals surface area (Å²) in [7, 11) is 0. The zero-order valence-corrected chi connectivity index (χ0v) is 7.43. The lowest BCUT2D eigenvalue weighted by Gasteiger charge is -2.20. The van der Waals surface area contributed by atoms with E-state index in [-0.39, 0.29) is 0 Å². The Morgan fingerprint density at radius 2 is 2.50 bits per heavy atom. The fourth-order valence-electron chi connectivity index (χ4n) is 2.12. The molecule has 0 saturated carbocycles. The van der Waals surface area contributed by atoms with Crippen LogP contribution in [-0.4, -0.2) is 16.7 Å². The third-order valence-electron chi connectivity index (χ3n) is 2.73. The smallest absolute Gasteiger partial charge is 0.0660 e. The van der Waals surface area contributed by atoms with Gasteiger partial charge in [-0.2, -0.15) is 5.10 Å². The largest absolute Gasteiger partial charge is 0.330 e. The van der Waals surface area contributed by atoms with Crippen molar-refractivity contribution >= 4 is 0 Å². The van der Waals surface area contributed by atoms with Gasteiger partial charge in [-0.3, -0.25) is 5.10 Å². The van der Waals surface area contributed by atoms with Crippen LogP contribution in [0.2, 0.25) is 0 Å². The van der Waals surface area contributed by atoms with Gasteiger partial charge in [-0.25, -0.2) is 0 Å². The molecule has 0 bridgehead atoms. The Bertz CT molecular complexity index is 277. The van der Waals surface area contributed by atoms with Crippen LogP contribution >= 0.6 is 0 Å². The summed E-state index contributed by atoms with van der Waals surface area (Å²) in [5.41, 5.74) is 9.55. The maximum absolute atomic E-state index is 5.70. The minimum absolute atomic E-state index is 0.549. The Labute approximate surface area is 72.4 Å². The van der Waals surface area contributed by atoms with E-state index in [1.165, 1.54) is 29.8 Å². The Kier molecular flexibility index (Phi) is 1.89. The molecule has 1 heterocycles. The summed E-state index contributed by atoms with van der Waals surface area (Å²) in [5, 5.41) is 7.31. The van der Waals surface area contributed by atoms with E-state index in [1.807, 2.05) is 0 Å². The third-order valence-corrected chi connectivity index (χ3v) is 2.73. The lowest BCUT2D eigenvalue weighted by molar-refractivity contribution is 0.555. The molecular formula is C9H15N3. The van der Waals surface area contributed by atoms with Gasteiger partial charge in [0.2, 0.25) is 0 Å². The van der Waals surface area contributed by atoms with Crippen molar-refractivity contribution in [3.8, 4) is 0 Å². The first-order valence-corrected chi connectivity index (χ1v) is 4.56. The van der Waals surface area contributed by atoms with Crippen LogP contribution in [0.3, 0.4) is 0 Å². The van der Waals surface area contributed by atoms with Gasteiger partial charge in [0.05, 0.1) is 5.69 Å². The van der Waals surface area contributed by atoms with Crippen LogP contribution in [-0.2, 0) is 6.42 Å². The molecule has 66 valence electrons. The number of hydrogen-bond acceptors (Lipinski definition) is 2. The molecule has 12 heavy (non-hydrogen) atoms. The fraction of sp³-hybridized carbons (Fsp3) is 0.667. The average Bonchev–Trinajstić information content (AvgIpc) is 2.48. The Morgan fingerprint density at radius 3 is 3.25 bits per heavy atom. The molecule has 0 radical (unpaired) electrons. The summed E-state index contributed by atoms with van der Waals surface area (Å²) in [6, 6.07) is 0. The molecule has 0 spiro atoms. The zero-order chi connectivity index (χ0) is 8.55. The lowest BCUT2D eigenvalue weighted by atomic mass is 9.85. The maximum atomic E-state index is 5.70. The lowest BCUT2D eigenvalue weighted by Crippen LogP contribution is -2.18. The molecule has 3 heteroatoms. The van der Waals surface area contributed by atoms with Gasteiger partial charge in [0.15, 0.2) is 0 Å². The van der Waals surface area contributed by atoms with Gasteiger partial charge in [-0.1, -0.05) is 0 Å². The average molecular weight is 165 g/mol. The molecule has 0 aromatic carbocycles. The number of aromatic nitrogens is 2. The SMILES string of the molecule is Cc1[nH]nc2c1C(CN)CCC2. The van der Waals surface area contributed by atoms with Crippen LogP contribution in [0.4, 0.5) is 0 Å². The van der Waals surface area contributed by atoms with Gasteiger partial charge in [-0.15, -0.1) is 0 Å². The number of nitrogens with one attached hydrogen (secondary N) is 1. The van der Waals surface area contributed by atoms with Crippen molar-refractivity contribution < 1.29 is 0 Å². The summed E-state index contributed by atoms with van der Waals surface area (Å²) in [5.74, 6) is 0.549. The molecule has 1 aromatic heterocycles. The van der Waals surface area contributed by atoms with Crippen molar-refractivity contribution in [1.82, 2.24) is 10.2 Å². The van der Waals surface area contributed by atoms with E-state index in [2.05, 4.69) is 17.1 Å². The molecule has 2 rings (SSSR count). The minimum Gasteiger partial charge on any atom is -0.330 e. The van der Waals surface area contributed by atoms with E-state index in [1.54, 1.807) is 0 Å². The van der Waals surface area contributed by atoms with Gasteiger partial charge in [0.25, 0.3) is 0 Å². The Morgan fingerprint density at radius 1 is 1.67 bits per heavy atom. The number of rotatable bonds is 1. The summed E-state index contributed by atoms with van der Waals surface area (Å²) >= 11 is 0. The first kappa shape index (κ1) is 7.80. The zero-order valence-electron chi connectivity index (χ0n) is 7.43. The Hall–Kier alpha value is -0.830. The molecule has 1 aliphatic rings. The second-order valence-corrected chi connectivity index (χ2v) is 3.53. The molecule has 0 aliphatic heterocycles. The van der Waals surface area contributed by atoms with Crippen LogP contribution in [0.25, 0.3) is 0 Å². The van der Waals surface area contributed by atoms with Gasteiger partial charge < -0.3 is 5.73 Å². The van der Waals surface area contributed by atoms with Gasteiger partial charge >= 0.3 is 0 Å². The molecule has 1 unspecified atom stereocenters. The molecule has 0 fully saturated rings. The van der Waals surface area contributed by atoms with Crippen molar-refractivity contribution in [2.75, 3.05) is 6.54 Å². The van der Waals surface area contributed by atoms with Crippen molar-refractivity contribution in [3.05, 3.63) is 17.0 Å². The summed E-state index contributed by atoms with van der Waals surface area (Å²) in [6.07, 6.45) is 3.58. The highest BCUT2D eigenvalue weighted by molar-refractivity contribution is 5.31. The minimum atomic E-state index is 0.549. The van der Waals surface area contributed by atoms with E-state index in [0.717, 1.165) is 13.0 Å². The summed E-state index contributed by atoms with van der Waals surface area (Å²) < 4.78 is 0. The molecule has 0 amide bonds. The van der Waals surface area contributed by atoms with Crippen LogP contribution in [0.1, 0.15) is 35.7 Å². The van der Waals surface area contributed by atoms with E-state index in [9.17, 15) is 0 Å². The van der Waals surface area contributed by atoms with E-state index < -0.39 is 0 Å². The third kappa shape index (κ3) is 1.05. The van der Waals surface area contributed by atoms with Crippen LogP contribution in [0, 0.1) is 6.92 Å². The first-order valence-electron chi connectivity index (χ1n) is 4.56. The van der Waals surface area contributed by atoms with Crippen molar-refractivity contribution in [3.63, 3.8) is 0 Å². The number of fused-ring (bicyclic) bond motifs is 1. The molecule has 1 atom stereocenters. The molecule has 1 aliphatic carbocycles. The molecule has 3 nitrogen and oxygen atoms in total. The highest BCUT2D eigenvalue weighted by Gasteiger charge is 2.23. The normalized spacial score (nSPS) is 22.3. The van der Waals surface area contributed by atoms with E-state index in [4.69, 9.17) is 5.73 Å². The molecule has 1 aromatic rings. The Balaban J connectivity index is 2.41. The van der Waals surface area contributed by atoms with Crippen LogP contribution in [0.15, 0.2) is 0 Å². The van der Waals surface area contributed by atoms with Gasteiger partial charge in [0.1, 0.15) is 0 Å². The molecular weight excluding hydrogens is 150 g/mol. The quantitative estimate of drug-likeness (QED) is 0.654. The fourth-order valence-corrected chi connectivity index (χ4v) is 2.12. The second kappa shape index (κ2) is 2.90. The summed E-state index contributed by atoms with van der Waals surface area (Å²) in [4.78, 5) is 0. The number of hydrogen-bond donors (Lipinski definition) is 2. The number of aromatic amines is 1. The van der Waals surface area contributed by atoms with Crippen molar-refractivity contribution in [2.24, 2.45) is 5.73 Å². The monoisotopic (exact) mass is 165 g/mol. The highest BCUT2D eigenvalue weighted by Crippen LogP contribution is 2.31. The van der Waals surface area contributed by atoms with Crippen LogP contribution in [0.5, 0.6) is 0 Å². The topological polar surface area (TPSA) is 54.7 Å². The van der Waals surface area contributed by atoms with E-state index in [0.29, 0.717) is 5.92 Å². The summed E-state index contributed by atoms with van der Waals surface area (Å²) in [6.45, 7) is 2.84. The predicted molar refractivity (Wildman–Crippen MR) is 48.1 cm³/mol. The van der Waals surface area contributed by atoms with Crippen LogP contribution < -0.4 is 5.73 Å². The maximum Gasteiger partial charge on any atom is 0.0660 e. The number of nitrogens with zero attached hydrogens (tertiary/aromatic N) is 1. The predicted octanol–water partition coefficient (Wildman–Crippen LogP) is 1.10. The van der Waals surface area contributed by atoms with Crippen molar-refractivity contribution in [1.29, 1.82) is 0 Å². The standard InChI is InChI=1S/C9H15N3/c1-6-9-7(5-10)3-2-4-8(9)12-11-6/h7H,2-5,10H2,1H3,(H,11,12). The molecule has 3 N–H and O–H groups in total. The second-order valence-electron chi connectivity index (χ2n) is 3.53. The first-order chi connectivity index (χ1) is 5.83. The molecule has 0 saturated heterocycles.